The van der Waals surface area contributed by atoms with Gasteiger partial charge in [0, 0.05) is 35.8 Å². The van der Waals surface area contributed by atoms with Crippen LogP contribution in [0.4, 0.5) is 19.3 Å². The summed E-state index contributed by atoms with van der Waals surface area (Å²) in [5, 5.41) is 4.56. The van der Waals surface area contributed by atoms with E-state index in [2.05, 4.69) is 21.7 Å². The van der Waals surface area contributed by atoms with E-state index in [1.165, 1.54) is 36.4 Å². The highest BCUT2D eigenvalue weighted by Gasteiger charge is 2.17. The van der Waals surface area contributed by atoms with Crippen molar-refractivity contribution >= 4 is 23.2 Å². The van der Waals surface area contributed by atoms with Gasteiger partial charge in [-0.15, -0.1) is 0 Å². The molecule has 3 aromatic rings. The van der Waals surface area contributed by atoms with Crippen molar-refractivity contribution in [1.29, 1.82) is 0 Å². The van der Waals surface area contributed by atoms with Gasteiger partial charge in [0.05, 0.1) is 6.42 Å². The van der Waals surface area contributed by atoms with Crippen molar-refractivity contribution in [3.8, 4) is 11.5 Å². The number of rotatable bonds is 6. The second kappa shape index (κ2) is 10.9. The first-order valence-electron chi connectivity index (χ1n) is 11.1. The van der Waals surface area contributed by atoms with Crippen LogP contribution in [-0.4, -0.2) is 23.0 Å². The van der Waals surface area contributed by atoms with Gasteiger partial charge in [0.2, 0.25) is 5.91 Å². The van der Waals surface area contributed by atoms with E-state index in [0.717, 1.165) is 36.5 Å². The minimum Gasteiger partial charge on any atom is -0.454 e. The highest BCUT2D eigenvalue weighted by atomic mass is 19.1. The van der Waals surface area contributed by atoms with Crippen LogP contribution in [0.1, 0.15) is 30.4 Å². The van der Waals surface area contributed by atoms with Crippen molar-refractivity contribution in [3.63, 3.8) is 0 Å². The van der Waals surface area contributed by atoms with Crippen molar-refractivity contribution in [3.05, 3.63) is 89.8 Å². The monoisotopic (exact) mass is 478 g/mol. The largest absolute Gasteiger partial charge is 0.454 e. The number of aromatic nitrogens is 1. The van der Waals surface area contributed by atoms with Crippen LogP contribution < -0.4 is 21.1 Å². The van der Waals surface area contributed by atoms with Crippen LogP contribution in [-0.2, 0) is 11.2 Å². The topological polar surface area (TPSA) is 106 Å². The molecule has 9 heteroatoms. The molecule has 1 aliphatic rings. The highest BCUT2D eigenvalue weighted by Crippen LogP contribution is 2.35. The van der Waals surface area contributed by atoms with E-state index in [1.807, 2.05) is 0 Å². The van der Waals surface area contributed by atoms with E-state index >= 15 is 0 Å². The summed E-state index contributed by atoms with van der Waals surface area (Å²) in [5.41, 5.74) is 8.48. The van der Waals surface area contributed by atoms with Crippen LogP contribution >= 0.6 is 0 Å². The fourth-order valence-electron chi connectivity index (χ4n) is 3.71. The molecule has 0 fully saturated rings. The molecule has 180 valence electrons. The van der Waals surface area contributed by atoms with Crippen molar-refractivity contribution in [2.75, 3.05) is 5.32 Å². The van der Waals surface area contributed by atoms with Crippen LogP contribution in [0.15, 0.2) is 67.0 Å². The summed E-state index contributed by atoms with van der Waals surface area (Å²) in [7, 11) is 0. The number of nitrogens with one attached hydrogen (secondary N) is 2. The molecule has 1 unspecified atom stereocenters. The van der Waals surface area contributed by atoms with Crippen molar-refractivity contribution in [2.24, 2.45) is 5.73 Å². The number of carbonyl (C=O) groups is 2. The molecule has 3 amide bonds. The molecule has 0 saturated heterocycles. The fraction of sp³-hybridized carbons (Fsp3) is 0.192. The normalized spacial score (nSPS) is 15.2. The molecule has 0 saturated carbocycles. The maximum absolute atomic E-state index is 14.8. The Bertz CT molecular complexity index is 1260. The summed E-state index contributed by atoms with van der Waals surface area (Å²) >= 11 is 0. The van der Waals surface area contributed by atoms with Gasteiger partial charge in [-0.2, -0.15) is 0 Å². The quantitative estimate of drug-likeness (QED) is 0.465. The molecule has 4 rings (SSSR count). The van der Waals surface area contributed by atoms with Crippen molar-refractivity contribution in [1.82, 2.24) is 10.3 Å². The van der Waals surface area contributed by atoms with E-state index in [1.54, 1.807) is 18.5 Å². The molecule has 0 aliphatic heterocycles. The Kier molecular flexibility index (Phi) is 7.47. The molecule has 4 N–H and O–H groups in total. The number of allylic oxidation sites excluding steroid dienone is 1. The Hall–Kier alpha value is -4.11. The number of amides is 3. The Balaban J connectivity index is 1.38. The van der Waals surface area contributed by atoms with Gasteiger partial charge in [-0.3, -0.25) is 15.1 Å². The summed E-state index contributed by atoms with van der Waals surface area (Å²) in [6.07, 6.45) is 7.58. The van der Waals surface area contributed by atoms with Gasteiger partial charge in [-0.1, -0.05) is 18.2 Å². The minimum absolute atomic E-state index is 0.0242. The molecule has 0 spiro atoms. The van der Waals surface area contributed by atoms with Crippen LogP contribution in [0.2, 0.25) is 0 Å². The number of anilines is 1. The summed E-state index contributed by atoms with van der Waals surface area (Å²) in [5.74, 6) is -1.26. The van der Waals surface area contributed by atoms with Gasteiger partial charge in [-0.25, -0.2) is 13.6 Å². The molecule has 0 bridgehead atoms. The van der Waals surface area contributed by atoms with Crippen LogP contribution in [0.25, 0.3) is 5.57 Å². The lowest BCUT2D eigenvalue weighted by Crippen LogP contribution is -2.35. The maximum atomic E-state index is 14.8. The molecule has 1 aliphatic carbocycles. The lowest BCUT2D eigenvalue weighted by molar-refractivity contribution is -0.119. The molecule has 35 heavy (non-hydrogen) atoms. The SMILES string of the molecule is NC1CC=C(c2cnccc2Oc2ccc(NC(=O)NC(=O)Cc3ccc(F)cc3)cc2F)CC1. The van der Waals surface area contributed by atoms with Crippen LogP contribution in [0, 0.1) is 11.6 Å². The smallest absolute Gasteiger partial charge is 0.325 e. The number of ether oxygens (including phenoxy) is 1. The van der Waals surface area contributed by atoms with E-state index in [4.69, 9.17) is 10.5 Å². The zero-order valence-corrected chi connectivity index (χ0v) is 18.8. The van der Waals surface area contributed by atoms with E-state index in [9.17, 15) is 18.4 Å². The summed E-state index contributed by atoms with van der Waals surface area (Å²) in [6.45, 7) is 0. The number of urea groups is 1. The third kappa shape index (κ3) is 6.48. The lowest BCUT2D eigenvalue weighted by atomic mass is 9.91. The van der Waals surface area contributed by atoms with Gasteiger partial charge in [0.25, 0.3) is 0 Å². The first kappa shape index (κ1) is 24.0. The standard InChI is InChI=1S/C26H24F2N4O3/c27-18-5-1-16(2-6-18)13-25(33)32-26(34)31-20-9-10-24(22(28)14-20)35-23-11-12-30-15-21(23)17-3-7-19(29)8-4-17/h1-3,5-6,9-12,14-15,19H,4,7-8,13,29H2,(H2,31,32,33,34). The summed E-state index contributed by atoms with van der Waals surface area (Å²) in [4.78, 5) is 28.3. The Labute approximate surface area is 201 Å². The predicted octanol–water partition coefficient (Wildman–Crippen LogP) is 4.94. The van der Waals surface area contributed by atoms with Crippen LogP contribution in [0.3, 0.4) is 0 Å². The summed E-state index contributed by atoms with van der Waals surface area (Å²) < 4.78 is 33.5. The van der Waals surface area contributed by atoms with E-state index < -0.39 is 23.6 Å². The molecule has 1 aromatic heterocycles. The fourth-order valence-corrected chi connectivity index (χ4v) is 3.71. The highest BCUT2D eigenvalue weighted by molar-refractivity contribution is 6.01. The first-order chi connectivity index (χ1) is 16.9. The zero-order chi connectivity index (χ0) is 24.8. The molecule has 0 radical (unpaired) electrons. The summed E-state index contributed by atoms with van der Waals surface area (Å²) in [6, 6.07) is 10.3. The van der Waals surface area contributed by atoms with Gasteiger partial charge in [0.1, 0.15) is 11.6 Å². The van der Waals surface area contributed by atoms with E-state index in [0.29, 0.717) is 11.3 Å². The number of hydrogen-bond donors (Lipinski definition) is 3. The predicted molar refractivity (Wildman–Crippen MR) is 128 cm³/mol. The number of nitrogens with two attached hydrogens (primary N) is 1. The number of nitrogens with zero attached hydrogens (tertiary/aromatic N) is 1. The number of imide groups is 1. The minimum atomic E-state index is -0.816. The van der Waals surface area contributed by atoms with Gasteiger partial charge >= 0.3 is 6.03 Å². The second-order valence-corrected chi connectivity index (χ2v) is 8.19. The second-order valence-electron chi connectivity index (χ2n) is 8.19. The number of benzene rings is 2. The Morgan fingerprint density at radius 3 is 2.60 bits per heavy atom. The molecular formula is C26H24F2N4O3. The molecule has 7 nitrogen and oxygen atoms in total. The van der Waals surface area contributed by atoms with Crippen LogP contribution in [0.5, 0.6) is 11.5 Å². The third-order valence-electron chi connectivity index (χ3n) is 5.52. The molecular weight excluding hydrogens is 454 g/mol. The molecule has 1 heterocycles. The van der Waals surface area contributed by atoms with Gasteiger partial charge < -0.3 is 15.8 Å². The van der Waals surface area contributed by atoms with E-state index in [-0.39, 0.29) is 23.9 Å². The Morgan fingerprint density at radius 1 is 1.09 bits per heavy atom. The maximum Gasteiger partial charge on any atom is 0.325 e. The molecule has 1 atom stereocenters. The number of carbonyl (C=O) groups excluding carboxylic acids is 2. The zero-order valence-electron chi connectivity index (χ0n) is 18.8. The lowest BCUT2D eigenvalue weighted by Gasteiger charge is -2.20. The number of hydrogen-bond acceptors (Lipinski definition) is 5. The molecule has 2 aromatic carbocycles. The first-order valence-corrected chi connectivity index (χ1v) is 11.1. The Morgan fingerprint density at radius 2 is 1.89 bits per heavy atom. The number of halogens is 2. The van der Waals surface area contributed by atoms with Crippen molar-refractivity contribution in [2.45, 2.75) is 31.7 Å². The average molecular weight is 478 g/mol. The third-order valence-corrected chi connectivity index (χ3v) is 5.52. The number of pyridine rings is 1. The average Bonchev–Trinajstić information content (AvgIpc) is 2.83. The van der Waals surface area contributed by atoms with Gasteiger partial charge in [0.15, 0.2) is 11.6 Å². The van der Waals surface area contributed by atoms with Crippen molar-refractivity contribution < 1.29 is 23.1 Å². The van der Waals surface area contributed by atoms with Gasteiger partial charge in [-0.05, 0) is 60.7 Å².